The van der Waals surface area contributed by atoms with Gasteiger partial charge in [-0.3, -0.25) is 10.1 Å². The van der Waals surface area contributed by atoms with Gasteiger partial charge in [-0.1, -0.05) is 6.07 Å². The van der Waals surface area contributed by atoms with Crippen LogP contribution in [0.3, 0.4) is 0 Å². The number of furan rings is 1. The van der Waals surface area contributed by atoms with Crippen molar-refractivity contribution < 1.29 is 13.7 Å². The maximum atomic E-state index is 13.4. The summed E-state index contributed by atoms with van der Waals surface area (Å²) in [7, 11) is 0. The molecule has 19 heavy (non-hydrogen) atoms. The van der Waals surface area contributed by atoms with Crippen LogP contribution in [0.1, 0.15) is 24.3 Å². The molecule has 0 aliphatic carbocycles. The summed E-state index contributed by atoms with van der Waals surface area (Å²) < 4.78 is 18.6. The zero-order valence-corrected chi connectivity index (χ0v) is 10.3. The van der Waals surface area contributed by atoms with Crippen molar-refractivity contribution >= 4 is 5.69 Å². The number of rotatable bonds is 5. The highest BCUT2D eigenvalue weighted by Crippen LogP contribution is 2.19. The zero-order chi connectivity index (χ0) is 13.8. The van der Waals surface area contributed by atoms with Crippen LogP contribution in [0.4, 0.5) is 10.1 Å². The first kappa shape index (κ1) is 13.2. The summed E-state index contributed by atoms with van der Waals surface area (Å²) in [6.07, 6.45) is 1.58. The fourth-order valence-corrected chi connectivity index (χ4v) is 1.72. The van der Waals surface area contributed by atoms with E-state index in [1.165, 1.54) is 18.2 Å². The molecule has 0 bridgehead atoms. The van der Waals surface area contributed by atoms with Crippen molar-refractivity contribution in [3.63, 3.8) is 0 Å². The lowest BCUT2D eigenvalue weighted by Gasteiger charge is -2.11. The van der Waals surface area contributed by atoms with E-state index in [0.29, 0.717) is 12.1 Å². The highest BCUT2D eigenvalue weighted by molar-refractivity contribution is 5.35. The summed E-state index contributed by atoms with van der Waals surface area (Å²) in [5.74, 6) is -0.0441. The maximum absolute atomic E-state index is 13.4. The number of hydrogen-bond donors (Lipinski definition) is 1. The molecule has 0 saturated carbocycles. The van der Waals surface area contributed by atoms with Crippen LogP contribution in [0.25, 0.3) is 0 Å². The quantitative estimate of drug-likeness (QED) is 0.665. The molecule has 6 heteroatoms. The monoisotopic (exact) mass is 264 g/mol. The summed E-state index contributed by atoms with van der Waals surface area (Å²) >= 11 is 0. The van der Waals surface area contributed by atoms with Crippen molar-refractivity contribution in [2.24, 2.45) is 0 Å². The first-order valence-electron chi connectivity index (χ1n) is 5.77. The highest BCUT2D eigenvalue weighted by atomic mass is 19.1. The molecule has 1 aromatic heterocycles. The van der Waals surface area contributed by atoms with Crippen LogP contribution < -0.4 is 5.32 Å². The van der Waals surface area contributed by atoms with E-state index in [9.17, 15) is 14.5 Å². The van der Waals surface area contributed by atoms with Crippen molar-refractivity contribution in [1.82, 2.24) is 5.32 Å². The Hall–Kier alpha value is -2.21. The van der Waals surface area contributed by atoms with E-state index in [4.69, 9.17) is 4.42 Å². The first-order valence-corrected chi connectivity index (χ1v) is 5.77. The molecular weight excluding hydrogens is 251 g/mol. The van der Waals surface area contributed by atoms with Gasteiger partial charge in [-0.05, 0) is 30.7 Å². The Morgan fingerprint density at radius 3 is 2.84 bits per heavy atom. The van der Waals surface area contributed by atoms with E-state index < -0.39 is 16.4 Å². The standard InChI is InChI=1S/C13H13FN2O3/c1-9(13-3-2-6-19-13)15-8-10-4-5-12(16(17)18)11(14)7-10/h2-7,9,15H,8H2,1H3. The normalized spacial score (nSPS) is 12.3. The lowest BCUT2D eigenvalue weighted by atomic mass is 10.1. The predicted molar refractivity (Wildman–Crippen MR) is 67.0 cm³/mol. The SMILES string of the molecule is CC(NCc1ccc([N+](=O)[O-])c(F)c1)c1ccco1. The smallest absolute Gasteiger partial charge is 0.304 e. The zero-order valence-electron chi connectivity index (χ0n) is 10.3. The maximum Gasteiger partial charge on any atom is 0.304 e. The number of halogens is 1. The molecule has 1 N–H and O–H groups in total. The molecule has 2 rings (SSSR count). The van der Waals surface area contributed by atoms with Gasteiger partial charge in [-0.2, -0.15) is 4.39 Å². The van der Waals surface area contributed by atoms with Crippen molar-refractivity contribution in [3.05, 3.63) is 63.9 Å². The number of hydrogen-bond acceptors (Lipinski definition) is 4. The molecule has 1 atom stereocenters. The Balaban J connectivity index is 2.00. The van der Waals surface area contributed by atoms with Crippen molar-refractivity contribution in [2.75, 3.05) is 0 Å². The molecule has 2 aromatic rings. The van der Waals surface area contributed by atoms with Gasteiger partial charge in [0.2, 0.25) is 5.82 Å². The van der Waals surface area contributed by atoms with E-state index in [-0.39, 0.29) is 6.04 Å². The second-order valence-electron chi connectivity index (χ2n) is 4.16. The van der Waals surface area contributed by atoms with Gasteiger partial charge in [0, 0.05) is 12.6 Å². The molecule has 0 spiro atoms. The summed E-state index contributed by atoms with van der Waals surface area (Å²) in [6.45, 7) is 2.32. The third-order valence-electron chi connectivity index (χ3n) is 2.79. The van der Waals surface area contributed by atoms with Gasteiger partial charge in [-0.25, -0.2) is 0 Å². The molecule has 1 unspecified atom stereocenters. The second-order valence-corrected chi connectivity index (χ2v) is 4.16. The van der Waals surface area contributed by atoms with Gasteiger partial charge in [0.1, 0.15) is 5.76 Å². The summed E-state index contributed by atoms with van der Waals surface area (Å²) in [6, 6.07) is 7.48. The molecular formula is C13H13FN2O3. The Morgan fingerprint density at radius 1 is 1.47 bits per heavy atom. The van der Waals surface area contributed by atoms with Crippen molar-refractivity contribution in [2.45, 2.75) is 19.5 Å². The number of nitro benzene ring substituents is 1. The van der Waals surface area contributed by atoms with Gasteiger partial charge < -0.3 is 9.73 Å². The molecule has 1 heterocycles. The van der Waals surface area contributed by atoms with Crippen LogP contribution in [0.5, 0.6) is 0 Å². The predicted octanol–water partition coefficient (Wildman–Crippen LogP) is 3.18. The largest absolute Gasteiger partial charge is 0.468 e. The Bertz CT molecular complexity index is 569. The van der Waals surface area contributed by atoms with Gasteiger partial charge >= 0.3 is 5.69 Å². The van der Waals surface area contributed by atoms with E-state index in [0.717, 1.165) is 5.76 Å². The number of nitrogens with zero attached hydrogens (tertiary/aromatic N) is 1. The minimum absolute atomic E-state index is 0.0201. The van der Waals surface area contributed by atoms with E-state index in [2.05, 4.69) is 5.32 Å². The number of benzene rings is 1. The Labute approximate surface area is 109 Å². The average molecular weight is 264 g/mol. The molecule has 0 amide bonds. The van der Waals surface area contributed by atoms with E-state index in [1.54, 1.807) is 12.3 Å². The molecule has 0 radical (unpaired) electrons. The van der Waals surface area contributed by atoms with Crippen LogP contribution in [0.15, 0.2) is 41.0 Å². The van der Waals surface area contributed by atoms with Gasteiger partial charge in [0.05, 0.1) is 17.2 Å². The Kier molecular flexibility index (Phi) is 3.91. The summed E-state index contributed by atoms with van der Waals surface area (Å²) in [5.41, 5.74) is 0.129. The van der Waals surface area contributed by atoms with Crippen LogP contribution >= 0.6 is 0 Å². The molecule has 100 valence electrons. The van der Waals surface area contributed by atoms with Crippen LogP contribution in [0.2, 0.25) is 0 Å². The summed E-state index contributed by atoms with van der Waals surface area (Å²) in [4.78, 5) is 9.75. The minimum atomic E-state index is -0.824. The number of nitro groups is 1. The highest BCUT2D eigenvalue weighted by Gasteiger charge is 2.14. The van der Waals surface area contributed by atoms with Crippen LogP contribution in [-0.4, -0.2) is 4.92 Å². The Morgan fingerprint density at radius 2 is 2.26 bits per heavy atom. The van der Waals surface area contributed by atoms with Crippen LogP contribution in [0, 0.1) is 15.9 Å². The summed E-state index contributed by atoms with van der Waals surface area (Å²) in [5, 5.41) is 13.6. The third-order valence-corrected chi connectivity index (χ3v) is 2.79. The fraction of sp³-hybridized carbons (Fsp3) is 0.231. The lowest BCUT2D eigenvalue weighted by Crippen LogP contribution is -2.17. The first-order chi connectivity index (χ1) is 9.08. The number of nitrogens with one attached hydrogen (secondary N) is 1. The lowest BCUT2D eigenvalue weighted by molar-refractivity contribution is -0.387. The van der Waals surface area contributed by atoms with E-state index >= 15 is 0 Å². The molecule has 5 nitrogen and oxygen atoms in total. The van der Waals surface area contributed by atoms with Crippen molar-refractivity contribution in [1.29, 1.82) is 0 Å². The molecule has 0 fully saturated rings. The molecule has 0 aliphatic rings. The minimum Gasteiger partial charge on any atom is -0.468 e. The van der Waals surface area contributed by atoms with Gasteiger partial charge in [-0.15, -0.1) is 0 Å². The molecule has 0 aliphatic heterocycles. The van der Waals surface area contributed by atoms with Gasteiger partial charge in [0.15, 0.2) is 0 Å². The average Bonchev–Trinajstić information content (AvgIpc) is 2.89. The van der Waals surface area contributed by atoms with Gasteiger partial charge in [0.25, 0.3) is 0 Å². The van der Waals surface area contributed by atoms with Crippen LogP contribution in [-0.2, 0) is 6.54 Å². The second kappa shape index (κ2) is 5.62. The van der Waals surface area contributed by atoms with Crippen molar-refractivity contribution in [3.8, 4) is 0 Å². The molecule has 1 aromatic carbocycles. The third kappa shape index (κ3) is 3.17. The topological polar surface area (TPSA) is 68.3 Å². The fourth-order valence-electron chi connectivity index (χ4n) is 1.72. The molecule has 0 saturated heterocycles. The van der Waals surface area contributed by atoms with E-state index in [1.807, 2.05) is 13.0 Å².